The van der Waals surface area contributed by atoms with Gasteiger partial charge in [-0.05, 0) is 42.5 Å². The molecule has 0 atom stereocenters. The summed E-state index contributed by atoms with van der Waals surface area (Å²) in [7, 11) is -3.93. The molecule has 1 aliphatic heterocycles. The number of aromatic nitrogens is 2. The normalized spacial score (nSPS) is 14.4. The van der Waals surface area contributed by atoms with Crippen molar-refractivity contribution < 1.29 is 18.0 Å². The van der Waals surface area contributed by atoms with Crippen LogP contribution in [0.3, 0.4) is 0 Å². The zero-order chi connectivity index (χ0) is 19.7. The number of rotatable bonds is 4. The second-order valence-corrected chi connectivity index (χ2v) is 7.97. The molecule has 3 aromatic rings. The molecular formula is C19H16N4O4S. The lowest BCUT2D eigenvalue weighted by Gasteiger charge is -2.10. The van der Waals surface area contributed by atoms with Gasteiger partial charge in [-0.25, -0.2) is 12.4 Å². The van der Waals surface area contributed by atoms with Crippen LogP contribution in [0, 0.1) is 0 Å². The van der Waals surface area contributed by atoms with Crippen molar-refractivity contribution in [2.24, 2.45) is 0 Å². The number of nitrogens with zero attached hydrogens (tertiary/aromatic N) is 2. The van der Waals surface area contributed by atoms with Gasteiger partial charge in [0.2, 0.25) is 0 Å². The van der Waals surface area contributed by atoms with Crippen molar-refractivity contribution in [3.63, 3.8) is 0 Å². The first-order valence-electron chi connectivity index (χ1n) is 8.53. The average molecular weight is 396 g/mol. The summed E-state index contributed by atoms with van der Waals surface area (Å²) in [6.45, 7) is 0.378. The summed E-state index contributed by atoms with van der Waals surface area (Å²) in [6, 6.07) is 12.6. The highest BCUT2D eigenvalue weighted by atomic mass is 32.2. The highest BCUT2D eigenvalue weighted by Gasteiger charge is 2.30. The fraction of sp³-hybridized carbons (Fsp3) is 0.105. The van der Waals surface area contributed by atoms with Gasteiger partial charge in [-0.3, -0.25) is 14.6 Å². The molecule has 2 amide bonds. The molecule has 0 fully saturated rings. The van der Waals surface area contributed by atoms with Gasteiger partial charge in [0.25, 0.3) is 21.8 Å². The second-order valence-electron chi connectivity index (χ2n) is 6.19. The van der Waals surface area contributed by atoms with Crippen LogP contribution in [-0.4, -0.2) is 35.7 Å². The molecular weight excluding hydrogens is 380 g/mol. The summed E-state index contributed by atoms with van der Waals surface area (Å²) in [5.41, 5.74) is 1.19. The van der Waals surface area contributed by atoms with E-state index >= 15 is 0 Å². The number of hydrogen-bond donors (Lipinski definition) is 2. The van der Waals surface area contributed by atoms with Crippen LogP contribution < -0.4 is 10.6 Å². The number of hydrogen-bond acceptors (Lipinski definition) is 5. The van der Waals surface area contributed by atoms with E-state index in [1.807, 2.05) is 18.2 Å². The zero-order valence-electron chi connectivity index (χ0n) is 14.6. The monoisotopic (exact) mass is 396 g/mol. The maximum atomic E-state index is 12.8. The van der Waals surface area contributed by atoms with Crippen LogP contribution in [0.4, 0.5) is 5.69 Å². The van der Waals surface area contributed by atoms with Crippen molar-refractivity contribution in [2.75, 3.05) is 11.9 Å². The van der Waals surface area contributed by atoms with Crippen molar-refractivity contribution >= 4 is 27.5 Å². The second kappa shape index (κ2) is 6.93. The molecule has 0 saturated heterocycles. The Morgan fingerprint density at radius 2 is 2.00 bits per heavy atom. The Bertz CT molecular complexity index is 1170. The molecule has 2 N–H and O–H groups in total. The van der Waals surface area contributed by atoms with Crippen LogP contribution in [0.5, 0.6) is 0 Å². The molecule has 1 aromatic carbocycles. The van der Waals surface area contributed by atoms with Crippen LogP contribution in [0.1, 0.15) is 26.5 Å². The van der Waals surface area contributed by atoms with Crippen LogP contribution in [0.15, 0.2) is 65.8 Å². The first-order valence-corrected chi connectivity index (χ1v) is 9.97. The largest absolute Gasteiger partial charge is 0.352 e. The van der Waals surface area contributed by atoms with Gasteiger partial charge in [0.1, 0.15) is 10.6 Å². The van der Waals surface area contributed by atoms with Crippen molar-refractivity contribution in [3.05, 3.63) is 77.9 Å². The maximum absolute atomic E-state index is 12.8. The Balaban J connectivity index is 1.56. The first-order chi connectivity index (χ1) is 13.5. The number of carbonyl (C=O) groups is 2. The van der Waals surface area contributed by atoms with E-state index in [0.29, 0.717) is 13.0 Å². The van der Waals surface area contributed by atoms with E-state index in [1.54, 1.807) is 6.20 Å². The standard InChI is InChI=1S/C19H16N4O4S/c24-18(21-10-8-14-4-1-2-9-20-14)13-6-7-17-15(12-13)22-19(25)16-5-3-11-23(16)28(17,26)27/h1-7,9,11-12H,8,10H2,(H,21,24)(H,22,25). The molecule has 28 heavy (non-hydrogen) atoms. The predicted molar refractivity (Wildman–Crippen MR) is 102 cm³/mol. The van der Waals surface area contributed by atoms with E-state index in [4.69, 9.17) is 0 Å². The molecule has 0 spiro atoms. The molecule has 1 aliphatic rings. The van der Waals surface area contributed by atoms with Crippen LogP contribution >= 0.6 is 0 Å². The number of anilines is 1. The summed E-state index contributed by atoms with van der Waals surface area (Å²) in [5, 5.41) is 5.34. The summed E-state index contributed by atoms with van der Waals surface area (Å²) in [6.07, 6.45) is 3.57. The van der Waals surface area contributed by atoms with E-state index in [9.17, 15) is 18.0 Å². The van der Waals surface area contributed by atoms with E-state index in [0.717, 1.165) is 9.67 Å². The number of amides is 2. The third kappa shape index (κ3) is 3.16. The third-order valence-corrected chi connectivity index (χ3v) is 6.11. The summed E-state index contributed by atoms with van der Waals surface area (Å²) < 4.78 is 26.5. The molecule has 8 nitrogen and oxygen atoms in total. The van der Waals surface area contributed by atoms with Gasteiger partial charge in [-0.2, -0.15) is 0 Å². The third-order valence-electron chi connectivity index (χ3n) is 4.37. The first kappa shape index (κ1) is 17.9. The van der Waals surface area contributed by atoms with E-state index in [-0.39, 0.29) is 27.7 Å². The number of carbonyl (C=O) groups excluding carboxylic acids is 2. The van der Waals surface area contributed by atoms with Gasteiger partial charge in [-0.15, -0.1) is 0 Å². The Morgan fingerprint density at radius 1 is 1.14 bits per heavy atom. The maximum Gasteiger partial charge on any atom is 0.273 e. The lowest BCUT2D eigenvalue weighted by atomic mass is 10.1. The van der Waals surface area contributed by atoms with Crippen LogP contribution in [-0.2, 0) is 16.4 Å². The highest BCUT2D eigenvalue weighted by molar-refractivity contribution is 7.90. The summed E-state index contributed by atoms with van der Waals surface area (Å²) >= 11 is 0. The molecule has 0 radical (unpaired) electrons. The molecule has 0 unspecified atom stereocenters. The molecule has 142 valence electrons. The summed E-state index contributed by atoms with van der Waals surface area (Å²) in [4.78, 5) is 28.9. The predicted octanol–water partition coefficient (Wildman–Crippen LogP) is 1.66. The Kier molecular flexibility index (Phi) is 4.44. The quantitative estimate of drug-likeness (QED) is 0.697. The smallest absolute Gasteiger partial charge is 0.273 e. The molecule has 0 aliphatic carbocycles. The molecule has 9 heteroatoms. The minimum Gasteiger partial charge on any atom is -0.352 e. The number of nitrogens with one attached hydrogen (secondary N) is 2. The topological polar surface area (TPSA) is 110 Å². The van der Waals surface area contributed by atoms with Crippen LogP contribution in [0.2, 0.25) is 0 Å². The number of fused-ring (bicyclic) bond motifs is 2. The van der Waals surface area contributed by atoms with E-state index in [2.05, 4.69) is 15.6 Å². The Morgan fingerprint density at radius 3 is 2.79 bits per heavy atom. The lowest BCUT2D eigenvalue weighted by molar-refractivity contribution is 0.0952. The van der Waals surface area contributed by atoms with E-state index in [1.165, 1.54) is 36.5 Å². The average Bonchev–Trinajstić information content (AvgIpc) is 3.17. The van der Waals surface area contributed by atoms with Crippen LogP contribution in [0.25, 0.3) is 0 Å². The Hall–Kier alpha value is -3.46. The fourth-order valence-corrected chi connectivity index (χ4v) is 4.46. The van der Waals surface area contributed by atoms with Gasteiger partial charge in [0, 0.05) is 36.6 Å². The number of pyridine rings is 1. The minimum atomic E-state index is -3.93. The van der Waals surface area contributed by atoms with Gasteiger partial charge >= 0.3 is 0 Å². The highest BCUT2D eigenvalue weighted by Crippen LogP contribution is 2.29. The Labute approximate surface area is 161 Å². The molecule has 4 rings (SSSR count). The van der Waals surface area contributed by atoms with E-state index < -0.39 is 15.9 Å². The molecule has 2 aromatic heterocycles. The van der Waals surface area contributed by atoms with Crippen molar-refractivity contribution in [2.45, 2.75) is 11.3 Å². The SMILES string of the molecule is O=C(NCCc1ccccn1)c1ccc2c(c1)NC(=O)c1cccn1S2(=O)=O. The van der Waals surface area contributed by atoms with Gasteiger partial charge in [0.05, 0.1) is 5.69 Å². The summed E-state index contributed by atoms with van der Waals surface area (Å²) in [5.74, 6) is -0.922. The van der Waals surface area contributed by atoms with Gasteiger partial charge in [-0.1, -0.05) is 6.07 Å². The van der Waals surface area contributed by atoms with Gasteiger partial charge < -0.3 is 10.6 Å². The molecule has 0 saturated carbocycles. The lowest BCUT2D eigenvalue weighted by Crippen LogP contribution is -2.26. The number of benzene rings is 1. The van der Waals surface area contributed by atoms with Crippen molar-refractivity contribution in [1.82, 2.24) is 14.3 Å². The van der Waals surface area contributed by atoms with Crippen molar-refractivity contribution in [1.29, 1.82) is 0 Å². The molecule has 3 heterocycles. The zero-order valence-corrected chi connectivity index (χ0v) is 15.4. The molecule has 0 bridgehead atoms. The minimum absolute atomic E-state index is 0.0116. The van der Waals surface area contributed by atoms with Crippen molar-refractivity contribution in [3.8, 4) is 0 Å². The van der Waals surface area contributed by atoms with Gasteiger partial charge in [0.15, 0.2) is 0 Å². The fourth-order valence-electron chi connectivity index (χ4n) is 2.99.